The zero-order valence-corrected chi connectivity index (χ0v) is 10.9. The first-order valence-electron chi connectivity index (χ1n) is 6.63. The molecule has 1 aliphatic rings. The van der Waals surface area contributed by atoms with E-state index < -0.39 is 0 Å². The summed E-state index contributed by atoms with van der Waals surface area (Å²) in [6.45, 7) is 6.22. The topological polar surface area (TPSA) is 42.2 Å². The summed E-state index contributed by atoms with van der Waals surface area (Å²) in [5.41, 5.74) is 6.97. The molecule has 17 heavy (non-hydrogen) atoms. The van der Waals surface area contributed by atoms with Gasteiger partial charge in [0.1, 0.15) is 5.82 Å². The van der Waals surface area contributed by atoms with Crippen LogP contribution in [0.5, 0.6) is 0 Å². The van der Waals surface area contributed by atoms with Gasteiger partial charge >= 0.3 is 0 Å². The van der Waals surface area contributed by atoms with E-state index in [1.54, 1.807) is 0 Å². The van der Waals surface area contributed by atoms with Crippen molar-refractivity contribution >= 4 is 5.82 Å². The van der Waals surface area contributed by atoms with Gasteiger partial charge in [-0.15, -0.1) is 0 Å². The Hall–Kier alpha value is -1.09. The fourth-order valence-electron chi connectivity index (χ4n) is 2.09. The molecule has 1 aliphatic carbocycles. The van der Waals surface area contributed by atoms with Crippen LogP contribution in [-0.4, -0.2) is 17.6 Å². The highest BCUT2D eigenvalue weighted by Gasteiger charge is 2.30. The van der Waals surface area contributed by atoms with Gasteiger partial charge in [0.05, 0.1) is 0 Å². The van der Waals surface area contributed by atoms with E-state index in [1.807, 2.05) is 12.3 Å². The Morgan fingerprint density at radius 1 is 1.47 bits per heavy atom. The quantitative estimate of drug-likeness (QED) is 0.821. The van der Waals surface area contributed by atoms with Crippen LogP contribution >= 0.6 is 0 Å². The Labute approximate surface area is 104 Å². The smallest absolute Gasteiger partial charge is 0.133 e. The van der Waals surface area contributed by atoms with Crippen LogP contribution in [0.1, 0.15) is 38.7 Å². The SMILES string of the molecule is CC(C)CCN(c1ncccc1CN)C1CC1. The van der Waals surface area contributed by atoms with Crippen molar-refractivity contribution in [1.29, 1.82) is 0 Å². The van der Waals surface area contributed by atoms with Gasteiger partial charge in [-0.1, -0.05) is 19.9 Å². The van der Waals surface area contributed by atoms with Crippen molar-refractivity contribution < 1.29 is 0 Å². The molecular formula is C14H23N3. The van der Waals surface area contributed by atoms with Gasteiger partial charge in [0.15, 0.2) is 0 Å². The molecular weight excluding hydrogens is 210 g/mol. The van der Waals surface area contributed by atoms with Crippen molar-refractivity contribution in [2.75, 3.05) is 11.4 Å². The summed E-state index contributed by atoms with van der Waals surface area (Å²) in [6, 6.07) is 4.76. The number of nitrogens with two attached hydrogens (primary N) is 1. The molecule has 0 radical (unpaired) electrons. The Balaban J connectivity index is 2.14. The molecule has 0 amide bonds. The largest absolute Gasteiger partial charge is 0.353 e. The molecule has 94 valence electrons. The third-order valence-electron chi connectivity index (χ3n) is 3.29. The molecule has 1 aromatic rings. The lowest BCUT2D eigenvalue weighted by Gasteiger charge is -2.26. The van der Waals surface area contributed by atoms with E-state index >= 15 is 0 Å². The highest BCUT2D eigenvalue weighted by molar-refractivity contribution is 5.48. The average molecular weight is 233 g/mol. The van der Waals surface area contributed by atoms with Crippen molar-refractivity contribution in [3.8, 4) is 0 Å². The number of hydrogen-bond acceptors (Lipinski definition) is 3. The lowest BCUT2D eigenvalue weighted by atomic mass is 10.1. The molecule has 0 aromatic carbocycles. The number of aromatic nitrogens is 1. The van der Waals surface area contributed by atoms with E-state index in [0.29, 0.717) is 12.6 Å². The van der Waals surface area contributed by atoms with Gasteiger partial charge in [-0.3, -0.25) is 0 Å². The predicted octanol–water partition coefficient (Wildman–Crippen LogP) is 2.56. The van der Waals surface area contributed by atoms with Crippen molar-refractivity contribution in [2.45, 2.75) is 45.7 Å². The summed E-state index contributed by atoms with van der Waals surface area (Å²) >= 11 is 0. The first kappa shape index (κ1) is 12.4. The van der Waals surface area contributed by atoms with E-state index in [9.17, 15) is 0 Å². The zero-order valence-electron chi connectivity index (χ0n) is 10.9. The van der Waals surface area contributed by atoms with Gasteiger partial charge in [-0.05, 0) is 31.2 Å². The van der Waals surface area contributed by atoms with E-state index in [-0.39, 0.29) is 0 Å². The molecule has 1 saturated carbocycles. The Morgan fingerprint density at radius 2 is 2.24 bits per heavy atom. The Bertz CT molecular complexity index is 358. The van der Waals surface area contributed by atoms with Crippen LogP contribution in [-0.2, 0) is 6.54 Å². The molecule has 0 bridgehead atoms. The van der Waals surface area contributed by atoms with Crippen LogP contribution in [0.15, 0.2) is 18.3 Å². The van der Waals surface area contributed by atoms with E-state index in [0.717, 1.165) is 18.3 Å². The minimum absolute atomic E-state index is 0.577. The number of nitrogens with zero attached hydrogens (tertiary/aromatic N) is 2. The second-order valence-corrected chi connectivity index (χ2v) is 5.30. The number of hydrogen-bond donors (Lipinski definition) is 1. The number of anilines is 1. The highest BCUT2D eigenvalue weighted by atomic mass is 15.2. The predicted molar refractivity (Wildman–Crippen MR) is 72.0 cm³/mol. The Kier molecular flexibility index (Phi) is 4.00. The third kappa shape index (κ3) is 3.19. The lowest BCUT2D eigenvalue weighted by molar-refractivity contribution is 0.567. The van der Waals surface area contributed by atoms with Crippen LogP contribution in [0.2, 0.25) is 0 Å². The summed E-state index contributed by atoms with van der Waals surface area (Å²) in [7, 11) is 0. The molecule has 0 spiro atoms. The van der Waals surface area contributed by atoms with Crippen molar-refractivity contribution in [3.63, 3.8) is 0 Å². The van der Waals surface area contributed by atoms with Gasteiger partial charge < -0.3 is 10.6 Å². The molecule has 2 N–H and O–H groups in total. The molecule has 1 fully saturated rings. The minimum Gasteiger partial charge on any atom is -0.353 e. The minimum atomic E-state index is 0.577. The summed E-state index contributed by atoms with van der Waals surface area (Å²) < 4.78 is 0. The first-order chi connectivity index (χ1) is 8.22. The van der Waals surface area contributed by atoms with E-state index in [2.05, 4.69) is 29.8 Å². The van der Waals surface area contributed by atoms with E-state index in [4.69, 9.17) is 5.73 Å². The summed E-state index contributed by atoms with van der Waals surface area (Å²) in [6.07, 6.45) is 5.70. The highest BCUT2D eigenvalue weighted by Crippen LogP contribution is 2.32. The summed E-state index contributed by atoms with van der Waals surface area (Å²) in [5, 5.41) is 0. The standard InChI is InChI=1S/C14H23N3/c1-11(2)7-9-17(13-5-6-13)14-12(10-15)4-3-8-16-14/h3-4,8,11,13H,5-7,9-10,15H2,1-2H3. The van der Waals surface area contributed by atoms with Gasteiger partial charge in [0.25, 0.3) is 0 Å². The molecule has 1 heterocycles. The Morgan fingerprint density at radius 3 is 2.82 bits per heavy atom. The molecule has 0 unspecified atom stereocenters. The van der Waals surface area contributed by atoms with Crippen LogP contribution in [0.4, 0.5) is 5.82 Å². The third-order valence-corrected chi connectivity index (χ3v) is 3.29. The molecule has 0 atom stereocenters. The average Bonchev–Trinajstić information content (AvgIpc) is 3.14. The number of pyridine rings is 1. The molecule has 0 saturated heterocycles. The van der Waals surface area contributed by atoms with Crippen LogP contribution < -0.4 is 10.6 Å². The van der Waals surface area contributed by atoms with Crippen molar-refractivity contribution in [1.82, 2.24) is 4.98 Å². The second kappa shape index (κ2) is 5.50. The molecule has 1 aromatic heterocycles. The van der Waals surface area contributed by atoms with Crippen LogP contribution in [0, 0.1) is 5.92 Å². The maximum Gasteiger partial charge on any atom is 0.133 e. The van der Waals surface area contributed by atoms with Gasteiger partial charge in [-0.2, -0.15) is 0 Å². The molecule has 0 aliphatic heterocycles. The molecule has 3 heteroatoms. The molecule has 2 rings (SSSR count). The van der Waals surface area contributed by atoms with Gasteiger partial charge in [0.2, 0.25) is 0 Å². The summed E-state index contributed by atoms with van der Waals surface area (Å²) in [5.74, 6) is 1.85. The fourth-order valence-corrected chi connectivity index (χ4v) is 2.09. The zero-order chi connectivity index (χ0) is 12.3. The van der Waals surface area contributed by atoms with Crippen LogP contribution in [0.3, 0.4) is 0 Å². The molecule has 3 nitrogen and oxygen atoms in total. The number of rotatable bonds is 6. The van der Waals surface area contributed by atoms with Gasteiger partial charge in [0, 0.05) is 30.9 Å². The van der Waals surface area contributed by atoms with Crippen LogP contribution in [0.25, 0.3) is 0 Å². The lowest BCUT2D eigenvalue weighted by Crippen LogP contribution is -2.30. The maximum atomic E-state index is 5.80. The maximum absolute atomic E-state index is 5.80. The van der Waals surface area contributed by atoms with Gasteiger partial charge in [-0.25, -0.2) is 4.98 Å². The van der Waals surface area contributed by atoms with Crippen molar-refractivity contribution in [2.24, 2.45) is 11.7 Å². The first-order valence-corrected chi connectivity index (χ1v) is 6.63. The van der Waals surface area contributed by atoms with Crippen molar-refractivity contribution in [3.05, 3.63) is 23.9 Å². The normalized spacial score (nSPS) is 15.3. The summed E-state index contributed by atoms with van der Waals surface area (Å²) in [4.78, 5) is 7.00. The fraction of sp³-hybridized carbons (Fsp3) is 0.643. The monoisotopic (exact) mass is 233 g/mol. The van der Waals surface area contributed by atoms with E-state index in [1.165, 1.54) is 24.8 Å². The second-order valence-electron chi connectivity index (χ2n) is 5.30.